The van der Waals surface area contributed by atoms with E-state index in [2.05, 4.69) is 34.3 Å². The van der Waals surface area contributed by atoms with Crippen molar-refractivity contribution < 1.29 is 0 Å². The Hall–Kier alpha value is -1.31. The van der Waals surface area contributed by atoms with Crippen molar-refractivity contribution in [3.05, 3.63) is 28.2 Å². The Balaban J connectivity index is 2.12. The van der Waals surface area contributed by atoms with Gasteiger partial charge in [-0.1, -0.05) is 13.8 Å². The summed E-state index contributed by atoms with van der Waals surface area (Å²) in [4.78, 5) is 9.72. The number of thiazole rings is 1. The van der Waals surface area contributed by atoms with Gasteiger partial charge in [-0.25, -0.2) is 14.6 Å². The molecule has 0 saturated carbocycles. The lowest BCUT2D eigenvalue weighted by atomic mass is 10.1. The number of aromatic nitrogens is 4. The van der Waals surface area contributed by atoms with Gasteiger partial charge < -0.3 is 0 Å². The predicted molar refractivity (Wildman–Crippen MR) is 75.5 cm³/mol. The van der Waals surface area contributed by atoms with Gasteiger partial charge in [-0.3, -0.25) is 11.3 Å². The average molecular weight is 280 g/mol. The van der Waals surface area contributed by atoms with Crippen LogP contribution in [0.1, 0.15) is 35.6 Å². The Kier molecular flexibility index (Phi) is 4.62. The minimum atomic E-state index is 0.0290. The fourth-order valence-corrected chi connectivity index (χ4v) is 2.75. The van der Waals surface area contributed by atoms with Gasteiger partial charge in [0, 0.05) is 24.0 Å². The highest BCUT2D eigenvalue weighted by molar-refractivity contribution is 7.11. The van der Waals surface area contributed by atoms with Gasteiger partial charge in [-0.2, -0.15) is 5.10 Å². The molecule has 0 saturated heterocycles. The van der Waals surface area contributed by atoms with E-state index in [0.717, 1.165) is 22.3 Å². The number of nitrogens with one attached hydrogen (secondary N) is 1. The molecule has 0 radical (unpaired) electrons. The quantitative estimate of drug-likeness (QED) is 0.618. The van der Waals surface area contributed by atoms with Gasteiger partial charge in [0.15, 0.2) is 0 Å². The zero-order chi connectivity index (χ0) is 13.8. The summed E-state index contributed by atoms with van der Waals surface area (Å²) in [5.74, 6) is 7.14. The van der Waals surface area contributed by atoms with Crippen LogP contribution in [-0.2, 0) is 13.0 Å². The van der Waals surface area contributed by atoms with Gasteiger partial charge in [-0.15, -0.1) is 11.3 Å². The molecule has 1 atom stereocenters. The van der Waals surface area contributed by atoms with E-state index in [0.29, 0.717) is 12.3 Å². The number of hydrazine groups is 1. The maximum absolute atomic E-state index is 5.65. The fourth-order valence-electron chi connectivity index (χ4n) is 1.91. The normalized spacial score (nSPS) is 13.1. The van der Waals surface area contributed by atoms with Crippen molar-refractivity contribution in [2.75, 3.05) is 0 Å². The lowest BCUT2D eigenvalue weighted by Crippen LogP contribution is -2.30. The van der Waals surface area contributed by atoms with Crippen LogP contribution in [0.5, 0.6) is 0 Å². The number of hydrogen-bond donors (Lipinski definition) is 2. The van der Waals surface area contributed by atoms with E-state index in [-0.39, 0.29) is 6.04 Å². The lowest BCUT2D eigenvalue weighted by molar-refractivity contribution is 0.448. The van der Waals surface area contributed by atoms with Crippen LogP contribution in [0, 0.1) is 12.8 Å². The van der Waals surface area contributed by atoms with Crippen molar-refractivity contribution in [3.63, 3.8) is 0 Å². The van der Waals surface area contributed by atoms with Crippen molar-refractivity contribution in [3.8, 4) is 0 Å². The van der Waals surface area contributed by atoms with Crippen molar-refractivity contribution in [2.24, 2.45) is 11.8 Å². The molecular weight excluding hydrogens is 260 g/mol. The molecule has 7 heteroatoms. The summed E-state index contributed by atoms with van der Waals surface area (Å²) in [5, 5.41) is 5.31. The molecule has 6 nitrogen and oxygen atoms in total. The zero-order valence-corrected chi connectivity index (χ0v) is 12.3. The Morgan fingerprint density at radius 3 is 2.79 bits per heavy atom. The molecule has 1 unspecified atom stereocenters. The highest BCUT2D eigenvalue weighted by Crippen LogP contribution is 2.22. The molecule has 0 bridgehead atoms. The first-order chi connectivity index (χ1) is 9.10. The standard InChI is InChI=1S/C12H20N6S/c1-8(2)6-18-12(15-7-16-18)4-10(17-13)11-5-14-9(3)19-11/h5,7-8,10,17H,4,6,13H2,1-3H3. The van der Waals surface area contributed by atoms with Crippen LogP contribution in [0.3, 0.4) is 0 Å². The van der Waals surface area contributed by atoms with Crippen LogP contribution in [0.2, 0.25) is 0 Å². The van der Waals surface area contributed by atoms with Crippen LogP contribution < -0.4 is 11.3 Å². The number of hydrogen-bond acceptors (Lipinski definition) is 6. The third-order valence-electron chi connectivity index (χ3n) is 2.80. The summed E-state index contributed by atoms with van der Waals surface area (Å²) in [6, 6.07) is 0.0290. The molecule has 0 spiro atoms. The molecule has 0 aliphatic carbocycles. The third kappa shape index (κ3) is 3.59. The number of nitrogens with zero attached hydrogens (tertiary/aromatic N) is 4. The molecule has 3 N–H and O–H groups in total. The smallest absolute Gasteiger partial charge is 0.138 e. The number of aryl methyl sites for hydroxylation is 1. The SMILES string of the molecule is Cc1ncc(C(Cc2ncnn2CC(C)C)NN)s1. The molecular formula is C12H20N6S. The molecule has 2 heterocycles. The Bertz CT molecular complexity index is 518. The number of nitrogens with two attached hydrogens (primary N) is 1. The Morgan fingerprint density at radius 2 is 2.21 bits per heavy atom. The van der Waals surface area contributed by atoms with Gasteiger partial charge in [0.25, 0.3) is 0 Å². The fraction of sp³-hybridized carbons (Fsp3) is 0.583. The van der Waals surface area contributed by atoms with E-state index in [4.69, 9.17) is 5.84 Å². The van der Waals surface area contributed by atoms with Crippen LogP contribution in [0.4, 0.5) is 0 Å². The molecule has 0 aliphatic rings. The number of rotatable bonds is 6. The molecule has 0 aliphatic heterocycles. The summed E-state index contributed by atoms with van der Waals surface area (Å²) in [6.07, 6.45) is 4.18. The molecule has 2 rings (SSSR count). The highest BCUT2D eigenvalue weighted by atomic mass is 32.1. The van der Waals surface area contributed by atoms with E-state index in [9.17, 15) is 0 Å². The van der Waals surface area contributed by atoms with E-state index in [1.165, 1.54) is 0 Å². The van der Waals surface area contributed by atoms with Crippen LogP contribution >= 0.6 is 11.3 Å². The van der Waals surface area contributed by atoms with E-state index >= 15 is 0 Å². The first kappa shape index (κ1) is 14.1. The lowest BCUT2D eigenvalue weighted by Gasteiger charge is -2.14. The van der Waals surface area contributed by atoms with Crippen molar-refractivity contribution in [1.29, 1.82) is 0 Å². The third-order valence-corrected chi connectivity index (χ3v) is 3.83. The molecule has 0 amide bonds. The van der Waals surface area contributed by atoms with Gasteiger partial charge in [0.05, 0.1) is 11.0 Å². The first-order valence-corrected chi connectivity index (χ1v) is 7.17. The predicted octanol–water partition coefficient (Wildman–Crippen LogP) is 1.45. The minimum Gasteiger partial charge on any atom is -0.271 e. The summed E-state index contributed by atoms with van der Waals surface area (Å²) in [7, 11) is 0. The topological polar surface area (TPSA) is 81.7 Å². The summed E-state index contributed by atoms with van der Waals surface area (Å²) in [5.41, 5.74) is 2.84. The van der Waals surface area contributed by atoms with Crippen LogP contribution in [-0.4, -0.2) is 19.7 Å². The largest absolute Gasteiger partial charge is 0.271 e. The van der Waals surface area contributed by atoms with Crippen molar-refractivity contribution >= 4 is 11.3 Å². The zero-order valence-electron chi connectivity index (χ0n) is 11.5. The van der Waals surface area contributed by atoms with Gasteiger partial charge in [-0.05, 0) is 12.8 Å². The maximum atomic E-state index is 5.65. The molecule has 0 fully saturated rings. The maximum Gasteiger partial charge on any atom is 0.138 e. The summed E-state index contributed by atoms with van der Waals surface area (Å²) in [6.45, 7) is 7.19. The molecule has 0 aromatic carbocycles. The van der Waals surface area contributed by atoms with E-state index in [1.54, 1.807) is 17.7 Å². The Morgan fingerprint density at radius 1 is 1.42 bits per heavy atom. The monoisotopic (exact) mass is 280 g/mol. The van der Waals surface area contributed by atoms with Crippen LogP contribution in [0.15, 0.2) is 12.5 Å². The summed E-state index contributed by atoms with van der Waals surface area (Å²) >= 11 is 1.65. The molecule has 19 heavy (non-hydrogen) atoms. The Labute approximate surface area is 117 Å². The molecule has 104 valence electrons. The van der Waals surface area contributed by atoms with Crippen LogP contribution in [0.25, 0.3) is 0 Å². The van der Waals surface area contributed by atoms with Gasteiger partial charge in [0.2, 0.25) is 0 Å². The van der Waals surface area contributed by atoms with Gasteiger partial charge >= 0.3 is 0 Å². The highest BCUT2D eigenvalue weighted by Gasteiger charge is 2.17. The second-order valence-corrected chi connectivity index (χ2v) is 6.22. The summed E-state index contributed by atoms with van der Waals surface area (Å²) < 4.78 is 1.95. The second-order valence-electron chi connectivity index (χ2n) is 4.96. The average Bonchev–Trinajstić information content (AvgIpc) is 2.95. The van der Waals surface area contributed by atoms with Crippen molar-refractivity contribution in [1.82, 2.24) is 25.2 Å². The van der Waals surface area contributed by atoms with Gasteiger partial charge in [0.1, 0.15) is 12.2 Å². The minimum absolute atomic E-state index is 0.0290. The first-order valence-electron chi connectivity index (χ1n) is 6.35. The van der Waals surface area contributed by atoms with E-state index < -0.39 is 0 Å². The second kappa shape index (κ2) is 6.23. The molecule has 2 aromatic heterocycles. The van der Waals surface area contributed by atoms with E-state index in [1.807, 2.05) is 17.8 Å². The molecule has 2 aromatic rings. The van der Waals surface area contributed by atoms with Crippen molar-refractivity contribution in [2.45, 2.75) is 39.8 Å².